The predicted octanol–water partition coefficient (Wildman–Crippen LogP) is 1.50. The number of aryl methyl sites for hydroxylation is 1. The summed E-state index contributed by atoms with van der Waals surface area (Å²) in [6.07, 6.45) is 1.71. The van der Waals surface area contributed by atoms with E-state index in [0.717, 1.165) is 11.4 Å². The lowest BCUT2D eigenvalue weighted by molar-refractivity contribution is 0.417. The molecule has 102 valence electrons. The van der Waals surface area contributed by atoms with Crippen molar-refractivity contribution in [2.45, 2.75) is 18.6 Å². The second kappa shape index (κ2) is 5.41. The van der Waals surface area contributed by atoms with Crippen molar-refractivity contribution >= 4 is 15.7 Å². The quantitative estimate of drug-likeness (QED) is 0.867. The Morgan fingerprint density at radius 3 is 2.68 bits per heavy atom. The van der Waals surface area contributed by atoms with E-state index >= 15 is 0 Å². The first kappa shape index (κ1) is 13.6. The van der Waals surface area contributed by atoms with Gasteiger partial charge in [0, 0.05) is 5.69 Å². The number of nitrogens with one attached hydrogen (secondary N) is 2. The standard InChI is InChI=1S/C12H15N3O3S/c1-9-3-4-10(7-14-9)15-8-11-5-6-12(18-11)19(16,17)13-2/h3-7,13,15H,8H2,1-2H3. The minimum Gasteiger partial charge on any atom is -0.446 e. The smallest absolute Gasteiger partial charge is 0.273 e. The van der Waals surface area contributed by atoms with Crippen LogP contribution in [0.5, 0.6) is 0 Å². The fourth-order valence-corrected chi connectivity index (χ4v) is 2.12. The summed E-state index contributed by atoms with van der Waals surface area (Å²) < 4.78 is 30.4. The third-order valence-corrected chi connectivity index (χ3v) is 3.84. The largest absolute Gasteiger partial charge is 0.446 e. The maximum Gasteiger partial charge on any atom is 0.273 e. The van der Waals surface area contributed by atoms with E-state index in [2.05, 4.69) is 15.0 Å². The first-order valence-corrected chi connectivity index (χ1v) is 7.18. The normalized spacial score (nSPS) is 11.5. The molecule has 0 saturated heterocycles. The third-order valence-electron chi connectivity index (χ3n) is 2.55. The molecule has 2 aromatic rings. The molecule has 0 bridgehead atoms. The van der Waals surface area contributed by atoms with Gasteiger partial charge in [-0.2, -0.15) is 0 Å². The van der Waals surface area contributed by atoms with Gasteiger partial charge in [0.25, 0.3) is 10.0 Å². The molecule has 0 radical (unpaired) electrons. The number of furan rings is 1. The van der Waals surface area contributed by atoms with Gasteiger partial charge >= 0.3 is 0 Å². The lowest BCUT2D eigenvalue weighted by Gasteiger charge is -2.04. The van der Waals surface area contributed by atoms with E-state index in [1.165, 1.54) is 13.1 Å². The van der Waals surface area contributed by atoms with Gasteiger partial charge in [-0.1, -0.05) is 0 Å². The van der Waals surface area contributed by atoms with E-state index in [9.17, 15) is 8.42 Å². The highest BCUT2D eigenvalue weighted by atomic mass is 32.2. The van der Waals surface area contributed by atoms with Crippen molar-refractivity contribution in [1.82, 2.24) is 9.71 Å². The van der Waals surface area contributed by atoms with E-state index in [0.29, 0.717) is 12.3 Å². The fraction of sp³-hybridized carbons (Fsp3) is 0.250. The first-order chi connectivity index (χ1) is 9.01. The highest BCUT2D eigenvalue weighted by molar-refractivity contribution is 7.89. The summed E-state index contributed by atoms with van der Waals surface area (Å²) >= 11 is 0. The second-order valence-corrected chi connectivity index (χ2v) is 5.79. The van der Waals surface area contributed by atoms with Gasteiger partial charge in [-0.05, 0) is 38.2 Å². The average molecular weight is 281 g/mol. The number of pyridine rings is 1. The van der Waals surface area contributed by atoms with Crippen molar-refractivity contribution in [1.29, 1.82) is 0 Å². The molecule has 0 fully saturated rings. The highest BCUT2D eigenvalue weighted by Gasteiger charge is 2.15. The Hall–Kier alpha value is -1.86. The van der Waals surface area contributed by atoms with E-state index < -0.39 is 10.0 Å². The predicted molar refractivity (Wildman–Crippen MR) is 71.3 cm³/mol. The Bertz CT molecular complexity index is 647. The van der Waals surface area contributed by atoms with Crippen LogP contribution in [0.1, 0.15) is 11.5 Å². The van der Waals surface area contributed by atoms with Crippen molar-refractivity contribution in [3.8, 4) is 0 Å². The Labute approximate surface area is 111 Å². The Kier molecular flexibility index (Phi) is 3.87. The van der Waals surface area contributed by atoms with Gasteiger partial charge in [0.2, 0.25) is 5.09 Å². The molecule has 6 nitrogen and oxygen atoms in total. The number of rotatable bonds is 5. The molecule has 0 aliphatic carbocycles. The third kappa shape index (κ3) is 3.33. The van der Waals surface area contributed by atoms with E-state index in [4.69, 9.17) is 4.42 Å². The molecule has 0 spiro atoms. The van der Waals surface area contributed by atoms with Gasteiger partial charge in [0.1, 0.15) is 5.76 Å². The lowest BCUT2D eigenvalue weighted by Crippen LogP contribution is -2.17. The number of sulfonamides is 1. The van der Waals surface area contributed by atoms with Crippen LogP contribution in [-0.4, -0.2) is 20.4 Å². The SMILES string of the molecule is CNS(=O)(=O)c1ccc(CNc2ccc(C)nc2)o1. The Morgan fingerprint density at radius 1 is 1.26 bits per heavy atom. The monoisotopic (exact) mass is 281 g/mol. The first-order valence-electron chi connectivity index (χ1n) is 5.70. The number of nitrogens with zero attached hydrogens (tertiary/aromatic N) is 1. The van der Waals surface area contributed by atoms with Gasteiger partial charge in [0.15, 0.2) is 0 Å². The van der Waals surface area contributed by atoms with Crippen LogP contribution in [0.25, 0.3) is 0 Å². The molecule has 0 aromatic carbocycles. The molecule has 7 heteroatoms. The van der Waals surface area contributed by atoms with Crippen LogP contribution >= 0.6 is 0 Å². The van der Waals surface area contributed by atoms with Crippen molar-refractivity contribution in [2.75, 3.05) is 12.4 Å². The van der Waals surface area contributed by atoms with Crippen LogP contribution in [0, 0.1) is 6.92 Å². The van der Waals surface area contributed by atoms with Crippen molar-refractivity contribution in [3.63, 3.8) is 0 Å². The molecule has 0 aliphatic heterocycles. The van der Waals surface area contributed by atoms with Crippen molar-refractivity contribution in [2.24, 2.45) is 0 Å². The lowest BCUT2D eigenvalue weighted by atomic mass is 10.3. The zero-order valence-electron chi connectivity index (χ0n) is 10.7. The summed E-state index contributed by atoms with van der Waals surface area (Å²) in [7, 11) is -2.18. The number of anilines is 1. The molecular weight excluding hydrogens is 266 g/mol. The van der Waals surface area contributed by atoms with Gasteiger partial charge in [-0.25, -0.2) is 13.1 Å². The topological polar surface area (TPSA) is 84.2 Å². The Morgan fingerprint density at radius 2 is 2.05 bits per heavy atom. The zero-order chi connectivity index (χ0) is 13.9. The summed E-state index contributed by atoms with van der Waals surface area (Å²) in [6.45, 7) is 2.30. The van der Waals surface area contributed by atoms with Crippen LogP contribution in [0.15, 0.2) is 40.0 Å². The number of aromatic nitrogens is 1. The van der Waals surface area contributed by atoms with Gasteiger partial charge < -0.3 is 9.73 Å². The number of hydrogen-bond acceptors (Lipinski definition) is 5. The molecule has 2 rings (SSSR count). The summed E-state index contributed by atoms with van der Waals surface area (Å²) in [6, 6.07) is 6.84. The van der Waals surface area contributed by atoms with E-state index in [1.54, 1.807) is 12.3 Å². The molecule has 0 unspecified atom stereocenters. The molecule has 2 N–H and O–H groups in total. The molecule has 2 heterocycles. The summed E-state index contributed by atoms with van der Waals surface area (Å²) in [5, 5.41) is 3.01. The zero-order valence-corrected chi connectivity index (χ0v) is 11.5. The average Bonchev–Trinajstić information content (AvgIpc) is 2.88. The molecule has 0 amide bonds. The summed E-state index contributed by atoms with van der Waals surface area (Å²) in [5.41, 5.74) is 1.78. The maximum atomic E-state index is 11.5. The van der Waals surface area contributed by atoms with Gasteiger partial charge in [0.05, 0.1) is 18.4 Å². The summed E-state index contributed by atoms with van der Waals surface area (Å²) in [4.78, 5) is 4.15. The second-order valence-electron chi connectivity index (χ2n) is 3.97. The number of hydrogen-bond donors (Lipinski definition) is 2. The molecule has 2 aromatic heterocycles. The van der Waals surface area contributed by atoms with Crippen LogP contribution in [0.3, 0.4) is 0 Å². The molecule has 19 heavy (non-hydrogen) atoms. The van der Waals surface area contributed by atoms with Crippen LogP contribution in [-0.2, 0) is 16.6 Å². The maximum absolute atomic E-state index is 11.5. The van der Waals surface area contributed by atoms with Gasteiger partial charge in [-0.15, -0.1) is 0 Å². The molecule has 0 aliphatic rings. The van der Waals surface area contributed by atoms with Crippen LogP contribution < -0.4 is 10.0 Å². The van der Waals surface area contributed by atoms with Crippen LogP contribution in [0.4, 0.5) is 5.69 Å². The molecule has 0 saturated carbocycles. The van der Waals surface area contributed by atoms with Crippen molar-refractivity contribution in [3.05, 3.63) is 41.9 Å². The van der Waals surface area contributed by atoms with E-state index in [-0.39, 0.29) is 5.09 Å². The fourth-order valence-electron chi connectivity index (χ4n) is 1.46. The van der Waals surface area contributed by atoms with E-state index in [1.807, 2.05) is 19.1 Å². The minimum absolute atomic E-state index is 0.0890. The van der Waals surface area contributed by atoms with Gasteiger partial charge in [-0.3, -0.25) is 4.98 Å². The van der Waals surface area contributed by atoms with Crippen molar-refractivity contribution < 1.29 is 12.8 Å². The molecule has 0 atom stereocenters. The highest BCUT2D eigenvalue weighted by Crippen LogP contribution is 2.15. The Balaban J connectivity index is 2.03. The summed E-state index contributed by atoms with van der Waals surface area (Å²) in [5.74, 6) is 0.536. The van der Waals surface area contributed by atoms with Crippen LogP contribution in [0.2, 0.25) is 0 Å². The molecular formula is C12H15N3O3S. The minimum atomic E-state index is -3.52.